The first-order valence-corrected chi connectivity index (χ1v) is 6.48. The maximum Gasteiger partial charge on any atom is 0.255 e. The highest BCUT2D eigenvalue weighted by molar-refractivity contribution is 5.98. The van der Waals surface area contributed by atoms with Gasteiger partial charge in [-0.25, -0.2) is 4.98 Å². The van der Waals surface area contributed by atoms with Gasteiger partial charge in [-0.3, -0.25) is 9.59 Å². The maximum atomic E-state index is 12.0. The third-order valence-corrected chi connectivity index (χ3v) is 2.84. The van der Waals surface area contributed by atoms with Gasteiger partial charge in [0.1, 0.15) is 5.82 Å². The first kappa shape index (κ1) is 13.3. The van der Waals surface area contributed by atoms with Crippen molar-refractivity contribution in [1.29, 1.82) is 0 Å². The lowest BCUT2D eigenvalue weighted by Crippen LogP contribution is -2.28. The van der Waals surface area contributed by atoms with E-state index < -0.39 is 0 Å². The molecule has 102 valence electrons. The molecule has 0 radical (unpaired) electrons. The molecular weight excluding hydrogens is 244 g/mol. The Morgan fingerprint density at radius 3 is 3.00 bits per heavy atom. The van der Waals surface area contributed by atoms with Crippen LogP contribution in [0.2, 0.25) is 0 Å². The SMILES string of the molecule is O=CNCCCNC(=O)c1cccnc1NC1CC1. The van der Waals surface area contributed by atoms with Crippen LogP contribution in [-0.2, 0) is 4.79 Å². The highest BCUT2D eigenvalue weighted by Crippen LogP contribution is 2.25. The minimum absolute atomic E-state index is 0.137. The topological polar surface area (TPSA) is 83.1 Å². The van der Waals surface area contributed by atoms with E-state index in [0.29, 0.717) is 43.3 Å². The molecule has 0 spiro atoms. The van der Waals surface area contributed by atoms with E-state index >= 15 is 0 Å². The molecule has 1 fully saturated rings. The Morgan fingerprint density at radius 2 is 2.26 bits per heavy atom. The fourth-order valence-corrected chi connectivity index (χ4v) is 1.67. The van der Waals surface area contributed by atoms with Crippen molar-refractivity contribution in [2.75, 3.05) is 18.4 Å². The zero-order valence-electron chi connectivity index (χ0n) is 10.7. The Morgan fingerprint density at radius 1 is 1.42 bits per heavy atom. The summed E-state index contributed by atoms with van der Waals surface area (Å²) in [5.41, 5.74) is 0.567. The highest BCUT2D eigenvalue weighted by Gasteiger charge is 2.23. The van der Waals surface area contributed by atoms with Crippen LogP contribution in [0.3, 0.4) is 0 Å². The van der Waals surface area contributed by atoms with Crippen LogP contribution >= 0.6 is 0 Å². The molecule has 6 heteroatoms. The fraction of sp³-hybridized carbons (Fsp3) is 0.462. The molecular formula is C13H18N4O2. The van der Waals surface area contributed by atoms with Gasteiger partial charge < -0.3 is 16.0 Å². The number of hydrogen-bond donors (Lipinski definition) is 3. The number of carbonyl (C=O) groups is 2. The van der Waals surface area contributed by atoms with Gasteiger partial charge in [0.25, 0.3) is 5.91 Å². The van der Waals surface area contributed by atoms with E-state index in [4.69, 9.17) is 0 Å². The van der Waals surface area contributed by atoms with Crippen LogP contribution in [0.25, 0.3) is 0 Å². The number of rotatable bonds is 8. The third-order valence-electron chi connectivity index (χ3n) is 2.84. The Bertz CT molecular complexity index is 446. The lowest BCUT2D eigenvalue weighted by molar-refractivity contribution is -0.109. The monoisotopic (exact) mass is 262 g/mol. The van der Waals surface area contributed by atoms with Crippen LogP contribution in [0.4, 0.5) is 5.82 Å². The number of hydrogen-bond acceptors (Lipinski definition) is 4. The molecule has 1 saturated carbocycles. The number of aromatic nitrogens is 1. The summed E-state index contributed by atoms with van der Waals surface area (Å²) in [6.07, 6.45) is 5.30. The Labute approximate surface area is 112 Å². The van der Waals surface area contributed by atoms with Crippen molar-refractivity contribution >= 4 is 18.1 Å². The van der Waals surface area contributed by atoms with Gasteiger partial charge in [-0.05, 0) is 31.4 Å². The normalized spacial score (nSPS) is 13.7. The second-order valence-corrected chi connectivity index (χ2v) is 4.50. The molecule has 1 aliphatic carbocycles. The van der Waals surface area contributed by atoms with Crippen molar-refractivity contribution in [3.63, 3.8) is 0 Å². The summed E-state index contributed by atoms with van der Waals surface area (Å²) in [5, 5.41) is 8.61. The first-order valence-electron chi connectivity index (χ1n) is 6.48. The van der Waals surface area contributed by atoms with E-state index in [1.54, 1.807) is 18.3 Å². The van der Waals surface area contributed by atoms with Crippen LogP contribution in [0.5, 0.6) is 0 Å². The minimum atomic E-state index is -0.137. The predicted octanol–water partition coefficient (Wildman–Crippen LogP) is 0.522. The summed E-state index contributed by atoms with van der Waals surface area (Å²) < 4.78 is 0. The third kappa shape index (κ3) is 4.24. The molecule has 1 aromatic rings. The van der Waals surface area contributed by atoms with E-state index in [0.717, 1.165) is 12.8 Å². The second kappa shape index (κ2) is 6.72. The molecule has 1 heterocycles. The lowest BCUT2D eigenvalue weighted by atomic mass is 10.2. The number of nitrogens with one attached hydrogen (secondary N) is 3. The Kier molecular flexibility index (Phi) is 4.72. The standard InChI is InChI=1S/C13H18N4O2/c18-9-14-6-2-8-16-13(19)11-3-1-7-15-12(11)17-10-4-5-10/h1,3,7,9-10H,2,4-6,8H2,(H,14,18)(H,15,17)(H,16,19). The average Bonchev–Trinajstić information content (AvgIpc) is 3.23. The van der Waals surface area contributed by atoms with Crippen molar-refractivity contribution in [2.24, 2.45) is 0 Å². The van der Waals surface area contributed by atoms with Crippen molar-refractivity contribution in [1.82, 2.24) is 15.6 Å². The van der Waals surface area contributed by atoms with Crippen LogP contribution in [0, 0.1) is 0 Å². The van der Waals surface area contributed by atoms with Crippen LogP contribution < -0.4 is 16.0 Å². The molecule has 0 atom stereocenters. The van der Waals surface area contributed by atoms with E-state index in [2.05, 4.69) is 20.9 Å². The summed E-state index contributed by atoms with van der Waals surface area (Å²) in [6.45, 7) is 1.08. The maximum absolute atomic E-state index is 12.0. The van der Waals surface area contributed by atoms with E-state index in [-0.39, 0.29) is 5.91 Å². The summed E-state index contributed by atoms with van der Waals surface area (Å²) >= 11 is 0. The quantitative estimate of drug-likeness (QED) is 0.471. The van der Waals surface area contributed by atoms with Gasteiger partial charge in [0, 0.05) is 25.3 Å². The minimum Gasteiger partial charge on any atom is -0.367 e. The summed E-state index contributed by atoms with van der Waals surface area (Å²) in [4.78, 5) is 26.3. The zero-order valence-corrected chi connectivity index (χ0v) is 10.7. The molecule has 1 aliphatic rings. The number of nitrogens with zero attached hydrogens (tertiary/aromatic N) is 1. The molecule has 0 saturated heterocycles. The first-order chi connectivity index (χ1) is 9.31. The zero-order chi connectivity index (χ0) is 13.5. The van der Waals surface area contributed by atoms with Crippen LogP contribution in [-0.4, -0.2) is 36.4 Å². The predicted molar refractivity (Wildman–Crippen MR) is 71.9 cm³/mol. The number of anilines is 1. The average molecular weight is 262 g/mol. The van der Waals surface area contributed by atoms with Gasteiger partial charge >= 0.3 is 0 Å². The summed E-state index contributed by atoms with van der Waals surface area (Å²) in [6, 6.07) is 3.97. The molecule has 19 heavy (non-hydrogen) atoms. The van der Waals surface area contributed by atoms with Crippen molar-refractivity contribution in [3.8, 4) is 0 Å². The van der Waals surface area contributed by atoms with Gasteiger partial charge in [-0.2, -0.15) is 0 Å². The molecule has 0 aromatic carbocycles. The summed E-state index contributed by atoms with van der Waals surface area (Å²) in [5.74, 6) is 0.510. The van der Waals surface area contributed by atoms with Crippen molar-refractivity contribution in [2.45, 2.75) is 25.3 Å². The van der Waals surface area contributed by atoms with E-state index in [1.807, 2.05) is 0 Å². The largest absolute Gasteiger partial charge is 0.367 e. The Balaban J connectivity index is 1.85. The van der Waals surface area contributed by atoms with Gasteiger partial charge in [-0.15, -0.1) is 0 Å². The van der Waals surface area contributed by atoms with Crippen molar-refractivity contribution < 1.29 is 9.59 Å². The van der Waals surface area contributed by atoms with Gasteiger partial charge in [0.15, 0.2) is 0 Å². The molecule has 0 aliphatic heterocycles. The molecule has 6 nitrogen and oxygen atoms in total. The molecule has 0 unspecified atom stereocenters. The lowest BCUT2D eigenvalue weighted by Gasteiger charge is -2.10. The van der Waals surface area contributed by atoms with Gasteiger partial charge in [0.05, 0.1) is 5.56 Å². The molecule has 3 N–H and O–H groups in total. The number of pyridine rings is 1. The number of amides is 2. The van der Waals surface area contributed by atoms with Crippen LogP contribution in [0.15, 0.2) is 18.3 Å². The Hall–Kier alpha value is -2.11. The molecule has 2 amide bonds. The second-order valence-electron chi connectivity index (χ2n) is 4.50. The number of carbonyl (C=O) groups excluding carboxylic acids is 2. The highest BCUT2D eigenvalue weighted by atomic mass is 16.1. The van der Waals surface area contributed by atoms with E-state index in [9.17, 15) is 9.59 Å². The molecule has 2 rings (SSSR count). The van der Waals surface area contributed by atoms with Crippen molar-refractivity contribution in [3.05, 3.63) is 23.9 Å². The van der Waals surface area contributed by atoms with E-state index in [1.165, 1.54) is 0 Å². The molecule has 1 aromatic heterocycles. The smallest absolute Gasteiger partial charge is 0.255 e. The van der Waals surface area contributed by atoms with Gasteiger partial charge in [0.2, 0.25) is 6.41 Å². The van der Waals surface area contributed by atoms with Crippen LogP contribution in [0.1, 0.15) is 29.6 Å². The van der Waals surface area contributed by atoms with Gasteiger partial charge in [-0.1, -0.05) is 0 Å². The molecule has 0 bridgehead atoms. The fourth-order valence-electron chi connectivity index (χ4n) is 1.67. The summed E-state index contributed by atoms with van der Waals surface area (Å²) in [7, 11) is 0.